The Morgan fingerprint density at radius 2 is 2.20 bits per heavy atom. The van der Waals surface area contributed by atoms with Crippen LogP contribution < -0.4 is 0 Å². The number of hydrogen-bond donors (Lipinski definition) is 1. The van der Waals surface area contributed by atoms with E-state index in [4.69, 9.17) is 0 Å². The van der Waals surface area contributed by atoms with Crippen LogP contribution in [0.2, 0.25) is 0 Å². The van der Waals surface area contributed by atoms with E-state index in [0.717, 1.165) is 28.5 Å². The Kier molecular flexibility index (Phi) is 3.48. The highest BCUT2D eigenvalue weighted by atomic mass is 16.3. The first-order valence-electron chi connectivity index (χ1n) is 6.72. The summed E-state index contributed by atoms with van der Waals surface area (Å²) in [7, 11) is 1.90. The molecule has 0 aliphatic heterocycles. The number of aliphatic hydroxyl groups is 1. The topological polar surface area (TPSA) is 50.9 Å². The molecule has 20 heavy (non-hydrogen) atoms. The first-order chi connectivity index (χ1) is 9.72. The van der Waals surface area contributed by atoms with Crippen LogP contribution in [0, 0.1) is 0 Å². The fourth-order valence-corrected chi connectivity index (χ4v) is 2.37. The van der Waals surface area contributed by atoms with Crippen molar-refractivity contribution in [3.8, 4) is 0 Å². The van der Waals surface area contributed by atoms with Crippen LogP contribution >= 0.6 is 0 Å². The normalized spacial score (nSPS) is 12.7. The quantitative estimate of drug-likeness (QED) is 0.790. The van der Waals surface area contributed by atoms with Gasteiger partial charge in [0.25, 0.3) is 0 Å². The number of fused-ring (bicyclic) bond motifs is 1. The fourth-order valence-electron chi connectivity index (χ4n) is 2.37. The number of aromatic nitrogens is 3. The lowest BCUT2D eigenvalue weighted by molar-refractivity contribution is 0.168. The highest BCUT2D eigenvalue weighted by molar-refractivity contribution is 5.78. The van der Waals surface area contributed by atoms with Gasteiger partial charge in [0.1, 0.15) is 0 Å². The summed E-state index contributed by atoms with van der Waals surface area (Å²) >= 11 is 0. The second-order valence-corrected chi connectivity index (χ2v) is 5.03. The zero-order chi connectivity index (χ0) is 13.9. The SMILES string of the molecule is Cn1cc(CCC(O)c2ccc3ncccc3c2)cn1. The number of benzene rings is 1. The number of hydrogen-bond acceptors (Lipinski definition) is 3. The van der Waals surface area contributed by atoms with E-state index in [1.165, 1.54) is 0 Å². The first-order valence-corrected chi connectivity index (χ1v) is 6.72. The van der Waals surface area contributed by atoms with Gasteiger partial charge in [-0.2, -0.15) is 5.10 Å². The van der Waals surface area contributed by atoms with Crippen LogP contribution in [-0.2, 0) is 13.5 Å². The minimum Gasteiger partial charge on any atom is -0.388 e. The lowest BCUT2D eigenvalue weighted by atomic mass is 10.0. The summed E-state index contributed by atoms with van der Waals surface area (Å²) in [6, 6.07) is 9.84. The van der Waals surface area contributed by atoms with Gasteiger partial charge in [-0.15, -0.1) is 0 Å². The Hall–Kier alpha value is -2.20. The Balaban J connectivity index is 1.73. The molecular formula is C16H17N3O. The smallest absolute Gasteiger partial charge is 0.0793 e. The lowest BCUT2D eigenvalue weighted by Crippen LogP contribution is -1.99. The zero-order valence-electron chi connectivity index (χ0n) is 11.4. The lowest BCUT2D eigenvalue weighted by Gasteiger charge is -2.11. The molecule has 1 atom stereocenters. The van der Waals surface area contributed by atoms with Crippen LogP contribution in [0.25, 0.3) is 10.9 Å². The third-order valence-corrected chi connectivity index (χ3v) is 3.48. The summed E-state index contributed by atoms with van der Waals surface area (Å²) in [6.07, 6.45) is 6.66. The second kappa shape index (κ2) is 5.43. The number of nitrogens with zero attached hydrogens (tertiary/aromatic N) is 3. The Bertz CT molecular complexity index is 720. The Morgan fingerprint density at radius 3 is 3.00 bits per heavy atom. The molecule has 0 bridgehead atoms. The van der Waals surface area contributed by atoms with E-state index >= 15 is 0 Å². The van der Waals surface area contributed by atoms with E-state index in [0.29, 0.717) is 6.42 Å². The van der Waals surface area contributed by atoms with Crippen molar-refractivity contribution >= 4 is 10.9 Å². The number of pyridine rings is 1. The Labute approximate surface area is 117 Å². The van der Waals surface area contributed by atoms with Gasteiger partial charge in [-0.3, -0.25) is 9.67 Å². The molecular weight excluding hydrogens is 250 g/mol. The summed E-state index contributed by atoms with van der Waals surface area (Å²) in [5.41, 5.74) is 3.04. The molecule has 3 aromatic rings. The number of rotatable bonds is 4. The van der Waals surface area contributed by atoms with Gasteiger partial charge in [-0.05, 0) is 42.2 Å². The van der Waals surface area contributed by atoms with Gasteiger partial charge in [-0.1, -0.05) is 12.1 Å². The predicted molar refractivity (Wildman–Crippen MR) is 78.2 cm³/mol. The minimum atomic E-state index is -0.459. The van der Waals surface area contributed by atoms with Gasteiger partial charge in [0.2, 0.25) is 0 Å². The van der Waals surface area contributed by atoms with E-state index in [-0.39, 0.29) is 0 Å². The van der Waals surface area contributed by atoms with Gasteiger partial charge < -0.3 is 5.11 Å². The van der Waals surface area contributed by atoms with E-state index in [9.17, 15) is 5.11 Å². The molecule has 0 aliphatic carbocycles. The van der Waals surface area contributed by atoms with Gasteiger partial charge in [0.15, 0.2) is 0 Å². The van der Waals surface area contributed by atoms with Crippen molar-refractivity contribution in [3.05, 3.63) is 60.0 Å². The second-order valence-electron chi connectivity index (χ2n) is 5.03. The van der Waals surface area contributed by atoms with E-state index in [1.807, 2.05) is 49.8 Å². The van der Waals surface area contributed by atoms with Gasteiger partial charge in [0.05, 0.1) is 17.8 Å². The highest BCUT2D eigenvalue weighted by Gasteiger charge is 2.09. The maximum atomic E-state index is 10.3. The molecule has 2 aromatic heterocycles. The van der Waals surface area contributed by atoms with Crippen molar-refractivity contribution in [1.82, 2.24) is 14.8 Å². The van der Waals surface area contributed by atoms with Crippen molar-refractivity contribution < 1.29 is 5.11 Å². The zero-order valence-corrected chi connectivity index (χ0v) is 11.4. The van der Waals surface area contributed by atoms with Crippen LogP contribution in [0.15, 0.2) is 48.9 Å². The van der Waals surface area contributed by atoms with Crippen LogP contribution in [0.3, 0.4) is 0 Å². The summed E-state index contributed by atoms with van der Waals surface area (Å²) in [5, 5.41) is 15.5. The molecule has 0 saturated heterocycles. The van der Waals surface area contributed by atoms with Crippen LogP contribution in [0.4, 0.5) is 0 Å². The maximum absolute atomic E-state index is 10.3. The van der Waals surface area contributed by atoms with Crippen LogP contribution in [0.5, 0.6) is 0 Å². The van der Waals surface area contributed by atoms with Gasteiger partial charge >= 0.3 is 0 Å². The van der Waals surface area contributed by atoms with Crippen molar-refractivity contribution in [2.24, 2.45) is 7.05 Å². The molecule has 3 rings (SSSR count). The molecule has 0 spiro atoms. The maximum Gasteiger partial charge on any atom is 0.0793 e. The highest BCUT2D eigenvalue weighted by Crippen LogP contribution is 2.22. The molecule has 4 nitrogen and oxygen atoms in total. The standard InChI is InChI=1S/C16H17N3O/c1-19-11-12(10-18-19)4-7-16(20)14-5-6-15-13(9-14)3-2-8-17-15/h2-3,5-6,8-11,16,20H,4,7H2,1H3. The fraction of sp³-hybridized carbons (Fsp3) is 0.250. The van der Waals surface area contributed by atoms with Crippen LogP contribution in [0.1, 0.15) is 23.7 Å². The molecule has 102 valence electrons. The van der Waals surface area contributed by atoms with Crippen LogP contribution in [-0.4, -0.2) is 19.9 Å². The average molecular weight is 267 g/mol. The average Bonchev–Trinajstić information content (AvgIpc) is 2.90. The molecule has 0 aliphatic rings. The molecule has 0 fully saturated rings. The molecule has 4 heteroatoms. The molecule has 2 heterocycles. The van der Waals surface area contributed by atoms with E-state index in [1.54, 1.807) is 10.9 Å². The third kappa shape index (κ3) is 2.70. The number of aliphatic hydroxyl groups excluding tert-OH is 1. The largest absolute Gasteiger partial charge is 0.388 e. The molecule has 1 aromatic carbocycles. The van der Waals surface area contributed by atoms with Gasteiger partial charge in [-0.25, -0.2) is 0 Å². The predicted octanol–water partition coefficient (Wildman–Crippen LogP) is 2.63. The number of aryl methyl sites for hydroxylation is 2. The third-order valence-electron chi connectivity index (χ3n) is 3.48. The Morgan fingerprint density at radius 1 is 1.30 bits per heavy atom. The summed E-state index contributed by atoms with van der Waals surface area (Å²) in [5.74, 6) is 0. The minimum absolute atomic E-state index is 0.459. The van der Waals surface area contributed by atoms with Crippen molar-refractivity contribution in [3.63, 3.8) is 0 Å². The molecule has 0 amide bonds. The van der Waals surface area contributed by atoms with Crippen molar-refractivity contribution in [1.29, 1.82) is 0 Å². The van der Waals surface area contributed by atoms with Crippen molar-refractivity contribution in [2.75, 3.05) is 0 Å². The van der Waals surface area contributed by atoms with E-state index in [2.05, 4.69) is 10.1 Å². The van der Waals surface area contributed by atoms with Crippen molar-refractivity contribution in [2.45, 2.75) is 18.9 Å². The summed E-state index contributed by atoms with van der Waals surface area (Å²) < 4.78 is 1.78. The monoisotopic (exact) mass is 267 g/mol. The first kappa shape index (κ1) is 12.8. The molecule has 1 unspecified atom stereocenters. The van der Waals surface area contributed by atoms with Gasteiger partial charge in [0, 0.05) is 24.8 Å². The molecule has 0 radical (unpaired) electrons. The summed E-state index contributed by atoms with van der Waals surface area (Å²) in [4.78, 5) is 4.29. The van der Waals surface area contributed by atoms with E-state index < -0.39 is 6.10 Å². The molecule has 0 saturated carbocycles. The summed E-state index contributed by atoms with van der Waals surface area (Å²) in [6.45, 7) is 0. The molecule has 1 N–H and O–H groups in total.